The van der Waals surface area contributed by atoms with Gasteiger partial charge in [-0.3, -0.25) is 4.79 Å². The molecular weight excluding hydrogens is 330 g/mol. The number of carbonyl (C=O) groups is 1. The molecule has 0 N–H and O–H groups in total. The van der Waals surface area contributed by atoms with Gasteiger partial charge in [0.15, 0.2) is 5.82 Å². The Morgan fingerprint density at radius 2 is 2.19 bits per heavy atom. The molecule has 4 rings (SSSR count). The molecule has 1 aliphatic rings. The van der Waals surface area contributed by atoms with Crippen molar-refractivity contribution in [2.75, 3.05) is 13.7 Å². The quantitative estimate of drug-likeness (QED) is 0.724. The molecule has 0 unspecified atom stereocenters. The lowest BCUT2D eigenvalue weighted by Crippen LogP contribution is -2.30. The molecule has 1 atom stereocenters. The van der Waals surface area contributed by atoms with Crippen LogP contribution in [0.25, 0.3) is 5.82 Å². The second-order valence-electron chi connectivity index (χ2n) is 6.18. The molecule has 3 heterocycles. The first-order valence-electron chi connectivity index (χ1n) is 8.52. The molecule has 0 saturated carbocycles. The van der Waals surface area contributed by atoms with Crippen LogP contribution >= 0.6 is 0 Å². The van der Waals surface area contributed by atoms with Gasteiger partial charge < -0.3 is 9.64 Å². The molecule has 26 heavy (non-hydrogen) atoms. The molecule has 1 saturated heterocycles. The predicted octanol–water partition coefficient (Wildman–Crippen LogP) is 2.65. The maximum absolute atomic E-state index is 13.1. The third-order valence-corrected chi connectivity index (χ3v) is 4.64. The summed E-state index contributed by atoms with van der Waals surface area (Å²) in [6.45, 7) is 0.738. The zero-order chi connectivity index (χ0) is 17.9. The van der Waals surface area contributed by atoms with Gasteiger partial charge >= 0.3 is 0 Å². The highest BCUT2D eigenvalue weighted by Crippen LogP contribution is 2.34. The van der Waals surface area contributed by atoms with Crippen molar-refractivity contribution >= 4 is 5.91 Å². The first-order chi connectivity index (χ1) is 12.8. The van der Waals surface area contributed by atoms with Crippen molar-refractivity contribution in [2.45, 2.75) is 18.9 Å². The van der Waals surface area contributed by atoms with Crippen LogP contribution in [0.15, 0.2) is 55.2 Å². The topological polar surface area (TPSA) is 73.1 Å². The van der Waals surface area contributed by atoms with Crippen molar-refractivity contribution in [1.82, 2.24) is 24.6 Å². The molecule has 1 fully saturated rings. The maximum atomic E-state index is 13.1. The van der Waals surface area contributed by atoms with Gasteiger partial charge in [-0.25, -0.2) is 14.6 Å². The van der Waals surface area contributed by atoms with Crippen molar-refractivity contribution in [3.8, 4) is 11.6 Å². The molecule has 1 aliphatic heterocycles. The Morgan fingerprint density at radius 3 is 3.00 bits per heavy atom. The summed E-state index contributed by atoms with van der Waals surface area (Å²) in [5.74, 6) is 1.38. The molecule has 0 bridgehead atoms. The maximum Gasteiger partial charge on any atom is 0.254 e. The van der Waals surface area contributed by atoms with Crippen molar-refractivity contribution in [3.05, 3.63) is 66.4 Å². The molecular formula is C19H19N5O2. The van der Waals surface area contributed by atoms with Gasteiger partial charge in [-0.1, -0.05) is 12.1 Å². The Bertz CT molecular complexity index is 910. The molecule has 0 aliphatic carbocycles. The first kappa shape index (κ1) is 16.3. The summed E-state index contributed by atoms with van der Waals surface area (Å²) in [5, 5.41) is 4.07. The smallest absolute Gasteiger partial charge is 0.254 e. The van der Waals surface area contributed by atoms with Gasteiger partial charge in [0.2, 0.25) is 0 Å². The van der Waals surface area contributed by atoms with Crippen LogP contribution in [-0.2, 0) is 0 Å². The molecule has 132 valence electrons. The van der Waals surface area contributed by atoms with E-state index < -0.39 is 0 Å². The molecule has 0 spiro atoms. The van der Waals surface area contributed by atoms with Crippen LogP contribution in [0.5, 0.6) is 5.75 Å². The largest absolute Gasteiger partial charge is 0.497 e. The van der Waals surface area contributed by atoms with Crippen LogP contribution in [0.3, 0.4) is 0 Å². The van der Waals surface area contributed by atoms with E-state index in [1.54, 1.807) is 36.4 Å². The Kier molecular flexibility index (Phi) is 4.35. The van der Waals surface area contributed by atoms with E-state index in [-0.39, 0.29) is 11.9 Å². The molecule has 7 heteroatoms. The number of ether oxygens (including phenoxy) is 1. The number of nitrogens with zero attached hydrogens (tertiary/aromatic N) is 5. The van der Waals surface area contributed by atoms with Crippen molar-refractivity contribution in [3.63, 3.8) is 0 Å². The van der Waals surface area contributed by atoms with Crippen molar-refractivity contribution in [1.29, 1.82) is 0 Å². The normalized spacial score (nSPS) is 16.7. The summed E-state index contributed by atoms with van der Waals surface area (Å²) in [4.78, 5) is 23.2. The van der Waals surface area contributed by atoms with Crippen molar-refractivity contribution in [2.24, 2.45) is 0 Å². The zero-order valence-electron chi connectivity index (χ0n) is 14.4. The lowest BCUT2D eigenvalue weighted by atomic mass is 10.0. The number of rotatable bonds is 4. The van der Waals surface area contributed by atoms with Crippen LogP contribution in [0.2, 0.25) is 0 Å². The minimum absolute atomic E-state index is 0.000847. The Hall–Kier alpha value is -3.22. The number of likely N-dealkylation sites (tertiary alicyclic amines) is 1. The van der Waals surface area contributed by atoms with Crippen LogP contribution in [0.1, 0.15) is 34.8 Å². The second-order valence-corrected chi connectivity index (χ2v) is 6.18. The number of hydrogen-bond donors (Lipinski definition) is 0. The van der Waals surface area contributed by atoms with Crippen LogP contribution in [-0.4, -0.2) is 44.2 Å². The zero-order valence-corrected chi connectivity index (χ0v) is 14.4. The summed E-state index contributed by atoms with van der Waals surface area (Å²) in [6, 6.07) is 11.5. The molecule has 1 aromatic carbocycles. The van der Waals surface area contributed by atoms with Gasteiger partial charge in [0.25, 0.3) is 5.91 Å². The number of aromatic nitrogens is 4. The van der Waals surface area contributed by atoms with Crippen LogP contribution < -0.4 is 4.74 Å². The van der Waals surface area contributed by atoms with E-state index in [4.69, 9.17) is 4.74 Å². The second kappa shape index (κ2) is 6.95. The molecule has 7 nitrogen and oxygen atoms in total. The predicted molar refractivity (Wildman–Crippen MR) is 95.2 cm³/mol. The minimum atomic E-state index is -0.000847. The first-order valence-corrected chi connectivity index (χ1v) is 8.52. The van der Waals surface area contributed by atoms with Gasteiger partial charge in [0, 0.05) is 18.3 Å². The SMILES string of the molecule is COc1cccc([C@H]2CCCN2C(=O)c2ccnc(-n3cncn3)c2)c1. The van der Waals surface area contributed by atoms with Crippen LogP contribution in [0, 0.1) is 0 Å². The fraction of sp³-hybridized carbons (Fsp3) is 0.263. The summed E-state index contributed by atoms with van der Waals surface area (Å²) < 4.78 is 6.87. The minimum Gasteiger partial charge on any atom is -0.497 e. The van der Waals surface area contributed by atoms with E-state index >= 15 is 0 Å². The number of methoxy groups -OCH3 is 1. The van der Waals surface area contributed by atoms with Gasteiger partial charge in [0.1, 0.15) is 18.4 Å². The highest BCUT2D eigenvalue weighted by Gasteiger charge is 2.31. The number of hydrogen-bond acceptors (Lipinski definition) is 5. The molecule has 2 aromatic heterocycles. The molecule has 1 amide bonds. The fourth-order valence-corrected chi connectivity index (χ4v) is 3.37. The van der Waals surface area contributed by atoms with Gasteiger partial charge in [-0.15, -0.1) is 0 Å². The van der Waals surface area contributed by atoms with E-state index in [2.05, 4.69) is 15.1 Å². The number of carbonyl (C=O) groups excluding carboxylic acids is 1. The lowest BCUT2D eigenvalue weighted by molar-refractivity contribution is 0.0735. The lowest BCUT2D eigenvalue weighted by Gasteiger charge is -2.25. The summed E-state index contributed by atoms with van der Waals surface area (Å²) in [6.07, 6.45) is 6.55. The van der Waals surface area contributed by atoms with E-state index in [0.717, 1.165) is 30.7 Å². The van der Waals surface area contributed by atoms with Gasteiger partial charge in [-0.2, -0.15) is 5.10 Å². The van der Waals surface area contributed by atoms with Gasteiger partial charge in [-0.05, 0) is 42.7 Å². The third-order valence-electron chi connectivity index (χ3n) is 4.64. The van der Waals surface area contributed by atoms with E-state index in [1.165, 1.54) is 6.33 Å². The highest BCUT2D eigenvalue weighted by molar-refractivity contribution is 5.95. The number of pyridine rings is 1. The van der Waals surface area contributed by atoms with Crippen LogP contribution in [0.4, 0.5) is 0 Å². The Morgan fingerprint density at radius 1 is 1.27 bits per heavy atom. The fourth-order valence-electron chi connectivity index (χ4n) is 3.37. The van der Waals surface area contributed by atoms with E-state index in [9.17, 15) is 4.79 Å². The van der Waals surface area contributed by atoms with Crippen molar-refractivity contribution < 1.29 is 9.53 Å². The molecule has 0 radical (unpaired) electrons. The monoisotopic (exact) mass is 349 g/mol. The molecule has 3 aromatic rings. The Labute approximate surface area is 151 Å². The third kappa shape index (κ3) is 3.03. The van der Waals surface area contributed by atoms with E-state index in [0.29, 0.717) is 11.4 Å². The summed E-state index contributed by atoms with van der Waals surface area (Å²) >= 11 is 0. The summed E-state index contributed by atoms with van der Waals surface area (Å²) in [5.41, 5.74) is 1.70. The number of benzene rings is 1. The number of amides is 1. The average Bonchev–Trinajstić information content (AvgIpc) is 3.39. The Balaban J connectivity index is 1.62. The summed E-state index contributed by atoms with van der Waals surface area (Å²) in [7, 11) is 1.65. The highest BCUT2D eigenvalue weighted by atomic mass is 16.5. The standard InChI is InChI=1S/C19H19N5O2/c1-26-16-5-2-4-14(10-16)17-6-3-9-23(17)19(25)15-7-8-21-18(11-15)24-13-20-12-22-24/h2,4-5,7-8,10-13,17H,3,6,9H2,1H3/t17-/m1/s1. The van der Waals surface area contributed by atoms with E-state index in [1.807, 2.05) is 29.2 Å². The average molecular weight is 349 g/mol. The van der Waals surface area contributed by atoms with Gasteiger partial charge in [0.05, 0.1) is 13.2 Å².